The van der Waals surface area contributed by atoms with Gasteiger partial charge < -0.3 is 25.3 Å². The zero-order chi connectivity index (χ0) is 17.4. The molecule has 0 aliphatic heterocycles. The summed E-state index contributed by atoms with van der Waals surface area (Å²) in [6, 6.07) is 10.6. The predicted octanol–water partition coefficient (Wildman–Crippen LogP) is 3.03. The number of nitrogens with one attached hydrogen (secondary N) is 1. The molecule has 144 valence electrons. The fourth-order valence-corrected chi connectivity index (χ4v) is 1.96. The Morgan fingerprint density at radius 1 is 1.12 bits per heavy atom. The number of amides is 1. The van der Waals surface area contributed by atoms with Crippen molar-refractivity contribution in [2.45, 2.75) is 12.5 Å². The SMILES string of the molecule is COc1ccc(Oc2ccc(NC(=O)CC(CN)OC)cn2)cc1.Cl.Cl. The molecular weight excluding hydrogens is 381 g/mol. The predicted molar refractivity (Wildman–Crippen MR) is 105 cm³/mol. The lowest BCUT2D eigenvalue weighted by atomic mass is 10.2. The molecule has 1 aromatic carbocycles. The van der Waals surface area contributed by atoms with E-state index in [2.05, 4.69) is 10.3 Å². The van der Waals surface area contributed by atoms with E-state index in [1.54, 1.807) is 43.5 Å². The van der Waals surface area contributed by atoms with E-state index in [-0.39, 0.29) is 49.8 Å². The van der Waals surface area contributed by atoms with Gasteiger partial charge in [-0.25, -0.2) is 4.98 Å². The minimum Gasteiger partial charge on any atom is -0.497 e. The lowest BCUT2D eigenvalue weighted by Crippen LogP contribution is -2.28. The smallest absolute Gasteiger partial charge is 0.227 e. The summed E-state index contributed by atoms with van der Waals surface area (Å²) in [5.74, 6) is 1.64. The first kappa shape index (κ1) is 23.9. The highest BCUT2D eigenvalue weighted by molar-refractivity contribution is 5.90. The summed E-state index contributed by atoms with van der Waals surface area (Å²) in [5, 5.41) is 2.74. The molecule has 7 nitrogen and oxygen atoms in total. The molecule has 0 aliphatic rings. The van der Waals surface area contributed by atoms with Crippen molar-refractivity contribution >= 4 is 36.4 Å². The van der Waals surface area contributed by atoms with E-state index in [4.69, 9.17) is 19.9 Å². The second-order valence-corrected chi connectivity index (χ2v) is 5.01. The van der Waals surface area contributed by atoms with Crippen LogP contribution in [0, 0.1) is 0 Å². The quantitative estimate of drug-likeness (QED) is 0.702. The molecule has 0 spiro atoms. The Hall–Kier alpha value is -2.06. The first-order valence-electron chi connectivity index (χ1n) is 7.45. The van der Waals surface area contributed by atoms with Gasteiger partial charge in [-0.2, -0.15) is 0 Å². The van der Waals surface area contributed by atoms with Gasteiger partial charge in [-0.3, -0.25) is 4.79 Å². The number of halogens is 2. The Kier molecular flexibility index (Phi) is 11.3. The Balaban J connectivity index is 0.00000312. The van der Waals surface area contributed by atoms with Crippen LogP contribution in [0.25, 0.3) is 0 Å². The van der Waals surface area contributed by atoms with E-state index in [1.165, 1.54) is 13.3 Å². The van der Waals surface area contributed by atoms with Gasteiger partial charge in [0.2, 0.25) is 11.8 Å². The molecule has 3 N–H and O–H groups in total. The van der Waals surface area contributed by atoms with Crippen molar-refractivity contribution in [3.05, 3.63) is 42.6 Å². The number of hydrogen-bond donors (Lipinski definition) is 2. The van der Waals surface area contributed by atoms with Crippen molar-refractivity contribution in [3.8, 4) is 17.4 Å². The molecule has 0 saturated carbocycles. The van der Waals surface area contributed by atoms with Crippen LogP contribution in [0.2, 0.25) is 0 Å². The van der Waals surface area contributed by atoms with Gasteiger partial charge in [0.15, 0.2) is 0 Å². The average Bonchev–Trinajstić information content (AvgIpc) is 2.62. The number of nitrogens with two attached hydrogens (primary N) is 1. The molecular formula is C17H23Cl2N3O4. The van der Waals surface area contributed by atoms with E-state index in [0.717, 1.165) is 5.75 Å². The zero-order valence-corrected chi connectivity index (χ0v) is 16.1. The fourth-order valence-electron chi connectivity index (χ4n) is 1.96. The van der Waals surface area contributed by atoms with Gasteiger partial charge in [0.1, 0.15) is 11.5 Å². The number of carbonyl (C=O) groups excluding carboxylic acids is 1. The fraction of sp³-hybridized carbons (Fsp3) is 0.294. The Morgan fingerprint density at radius 3 is 2.27 bits per heavy atom. The minimum absolute atomic E-state index is 0. The van der Waals surface area contributed by atoms with Gasteiger partial charge in [-0.05, 0) is 30.3 Å². The number of aromatic nitrogens is 1. The molecule has 2 aromatic rings. The van der Waals surface area contributed by atoms with Crippen molar-refractivity contribution < 1.29 is 19.0 Å². The second kappa shape index (κ2) is 12.3. The average molecular weight is 404 g/mol. The van der Waals surface area contributed by atoms with Crippen LogP contribution in [0.4, 0.5) is 5.69 Å². The molecule has 0 aliphatic carbocycles. The Labute approximate surface area is 165 Å². The summed E-state index contributed by atoms with van der Waals surface area (Å²) in [6.07, 6.45) is 1.42. The van der Waals surface area contributed by atoms with Gasteiger partial charge in [-0.15, -0.1) is 24.8 Å². The van der Waals surface area contributed by atoms with Crippen molar-refractivity contribution in [1.29, 1.82) is 0 Å². The summed E-state index contributed by atoms with van der Waals surface area (Å²) in [6.45, 7) is 0.289. The van der Waals surface area contributed by atoms with E-state index in [0.29, 0.717) is 17.3 Å². The number of carbonyl (C=O) groups is 1. The third-order valence-corrected chi connectivity index (χ3v) is 3.31. The highest BCUT2D eigenvalue weighted by Gasteiger charge is 2.11. The lowest BCUT2D eigenvalue weighted by Gasteiger charge is -2.12. The molecule has 1 amide bonds. The monoisotopic (exact) mass is 403 g/mol. The van der Waals surface area contributed by atoms with E-state index >= 15 is 0 Å². The summed E-state index contributed by atoms with van der Waals surface area (Å²) in [7, 11) is 3.13. The molecule has 26 heavy (non-hydrogen) atoms. The number of methoxy groups -OCH3 is 2. The van der Waals surface area contributed by atoms with Gasteiger partial charge in [0.05, 0.1) is 31.5 Å². The van der Waals surface area contributed by atoms with Crippen LogP contribution in [-0.2, 0) is 9.53 Å². The largest absolute Gasteiger partial charge is 0.497 e. The van der Waals surface area contributed by atoms with Crippen LogP contribution in [0.3, 0.4) is 0 Å². The van der Waals surface area contributed by atoms with Crippen LogP contribution in [-0.4, -0.2) is 37.8 Å². The van der Waals surface area contributed by atoms with Crippen LogP contribution in [0.5, 0.6) is 17.4 Å². The topological polar surface area (TPSA) is 95.7 Å². The van der Waals surface area contributed by atoms with Crippen LogP contribution >= 0.6 is 24.8 Å². The molecule has 0 radical (unpaired) electrons. The molecule has 0 fully saturated rings. The highest BCUT2D eigenvalue weighted by atomic mass is 35.5. The number of hydrogen-bond acceptors (Lipinski definition) is 6. The Bertz CT molecular complexity index is 650. The first-order chi connectivity index (χ1) is 11.6. The molecule has 0 bridgehead atoms. The number of anilines is 1. The van der Waals surface area contributed by atoms with Gasteiger partial charge in [0, 0.05) is 19.7 Å². The maximum Gasteiger partial charge on any atom is 0.227 e. The number of ether oxygens (including phenoxy) is 3. The van der Waals surface area contributed by atoms with E-state index in [1.807, 2.05) is 0 Å². The van der Waals surface area contributed by atoms with Gasteiger partial charge in [0.25, 0.3) is 0 Å². The molecule has 9 heteroatoms. The standard InChI is InChI=1S/C17H21N3O4.2ClH/c1-22-13-4-6-14(7-5-13)24-17-8-3-12(11-19-17)20-16(21)9-15(10-18)23-2;;/h3-8,11,15H,9-10,18H2,1-2H3,(H,20,21);2*1H. The van der Waals surface area contributed by atoms with E-state index < -0.39 is 0 Å². The molecule has 1 aromatic heterocycles. The second-order valence-electron chi connectivity index (χ2n) is 5.01. The van der Waals surface area contributed by atoms with E-state index in [9.17, 15) is 4.79 Å². The maximum atomic E-state index is 11.9. The normalized spacial score (nSPS) is 10.7. The molecule has 1 heterocycles. The van der Waals surface area contributed by atoms with Crippen LogP contribution in [0.15, 0.2) is 42.6 Å². The first-order valence-corrected chi connectivity index (χ1v) is 7.45. The molecule has 1 unspecified atom stereocenters. The molecule has 2 rings (SSSR count). The van der Waals surface area contributed by atoms with Crippen molar-refractivity contribution in [1.82, 2.24) is 4.98 Å². The van der Waals surface area contributed by atoms with Crippen molar-refractivity contribution in [3.63, 3.8) is 0 Å². The molecule has 1 atom stereocenters. The number of pyridine rings is 1. The lowest BCUT2D eigenvalue weighted by molar-refractivity contribution is -0.118. The Morgan fingerprint density at radius 2 is 1.77 bits per heavy atom. The maximum absolute atomic E-state index is 11.9. The minimum atomic E-state index is -0.296. The summed E-state index contributed by atoms with van der Waals surface area (Å²) < 4.78 is 15.8. The number of nitrogens with zero attached hydrogens (tertiary/aromatic N) is 1. The number of benzene rings is 1. The van der Waals surface area contributed by atoms with Gasteiger partial charge >= 0.3 is 0 Å². The zero-order valence-electron chi connectivity index (χ0n) is 14.5. The van der Waals surface area contributed by atoms with Gasteiger partial charge in [-0.1, -0.05) is 0 Å². The molecule has 0 saturated heterocycles. The summed E-state index contributed by atoms with van der Waals surface area (Å²) >= 11 is 0. The third-order valence-electron chi connectivity index (χ3n) is 3.31. The highest BCUT2D eigenvalue weighted by Crippen LogP contribution is 2.23. The van der Waals surface area contributed by atoms with Crippen LogP contribution in [0.1, 0.15) is 6.42 Å². The van der Waals surface area contributed by atoms with Crippen molar-refractivity contribution in [2.75, 3.05) is 26.1 Å². The summed E-state index contributed by atoms with van der Waals surface area (Å²) in [4.78, 5) is 16.0. The number of rotatable bonds is 8. The summed E-state index contributed by atoms with van der Waals surface area (Å²) in [5.41, 5.74) is 6.07. The third kappa shape index (κ3) is 7.45. The van der Waals surface area contributed by atoms with Crippen LogP contribution < -0.4 is 20.5 Å². The van der Waals surface area contributed by atoms with Crippen molar-refractivity contribution in [2.24, 2.45) is 5.73 Å².